The number of aliphatic carboxylic acids is 1. The van der Waals surface area contributed by atoms with Gasteiger partial charge in [0, 0.05) is 18.9 Å². The molecule has 3 aliphatic carbocycles. The van der Waals surface area contributed by atoms with Crippen molar-refractivity contribution in [3.63, 3.8) is 0 Å². The molecule has 136 valence electrons. The fourth-order valence-electron chi connectivity index (χ4n) is 4.69. The number of carbonyl (C=O) groups excluding carboxylic acids is 1. The molecule has 2 bridgehead atoms. The van der Waals surface area contributed by atoms with Crippen LogP contribution in [-0.4, -0.2) is 23.0 Å². The highest BCUT2D eigenvalue weighted by atomic mass is 16.4. The van der Waals surface area contributed by atoms with Gasteiger partial charge < -0.3 is 10.4 Å². The quantitative estimate of drug-likeness (QED) is 0.491. The van der Waals surface area contributed by atoms with E-state index in [1.807, 2.05) is 6.92 Å². The summed E-state index contributed by atoms with van der Waals surface area (Å²) in [4.78, 5) is 22.6. The fraction of sp³-hybridized carbons (Fsp3) is 0.800. The Kier molecular flexibility index (Phi) is 6.47. The summed E-state index contributed by atoms with van der Waals surface area (Å²) < 4.78 is 0. The molecular formula is C20H33NO3. The Hall–Kier alpha value is -1.32. The molecule has 3 saturated carbocycles. The summed E-state index contributed by atoms with van der Waals surface area (Å²) in [6, 6.07) is 0.310. The van der Waals surface area contributed by atoms with Gasteiger partial charge in [-0.1, -0.05) is 32.9 Å². The number of rotatable bonds is 9. The summed E-state index contributed by atoms with van der Waals surface area (Å²) in [5, 5.41) is 12.0. The molecule has 0 aromatic rings. The second-order valence-corrected chi connectivity index (χ2v) is 8.18. The predicted molar refractivity (Wildman–Crippen MR) is 95.6 cm³/mol. The molecule has 2 N–H and O–H groups in total. The zero-order valence-corrected chi connectivity index (χ0v) is 15.4. The molecule has 3 fully saturated rings. The number of hydrogen-bond donors (Lipinski definition) is 2. The van der Waals surface area contributed by atoms with Gasteiger partial charge in [0.05, 0.1) is 0 Å². The first-order valence-electron chi connectivity index (χ1n) is 9.52. The highest BCUT2D eigenvalue weighted by Gasteiger charge is 2.57. The van der Waals surface area contributed by atoms with Crippen molar-refractivity contribution in [2.45, 2.75) is 78.2 Å². The van der Waals surface area contributed by atoms with Gasteiger partial charge in [-0.3, -0.25) is 9.59 Å². The minimum absolute atomic E-state index is 0.192. The number of allylic oxidation sites excluding steroid dienone is 2. The molecule has 4 atom stereocenters. The van der Waals surface area contributed by atoms with Crippen LogP contribution in [0.5, 0.6) is 0 Å². The lowest BCUT2D eigenvalue weighted by atomic mass is 9.44. The van der Waals surface area contributed by atoms with Crippen LogP contribution in [0.4, 0.5) is 0 Å². The SMILES string of the molecule is CCCC(=O)N[C@H]1C[C@H]2C[C@@H]([C@@H]1C/C=C\CCCC(=O)O)C2(C)C. The predicted octanol–water partition coefficient (Wildman–Crippen LogP) is 4.15. The maximum absolute atomic E-state index is 12.0. The minimum atomic E-state index is -0.725. The molecule has 0 aromatic carbocycles. The Bertz CT molecular complexity index is 483. The molecule has 0 aromatic heterocycles. The zero-order valence-electron chi connectivity index (χ0n) is 15.4. The number of unbranched alkanes of at least 4 members (excludes halogenated alkanes) is 1. The van der Waals surface area contributed by atoms with Crippen molar-refractivity contribution < 1.29 is 14.7 Å². The maximum atomic E-state index is 12.0. The van der Waals surface area contributed by atoms with Gasteiger partial charge in [-0.2, -0.15) is 0 Å². The smallest absolute Gasteiger partial charge is 0.303 e. The minimum Gasteiger partial charge on any atom is -0.481 e. The number of amides is 1. The van der Waals surface area contributed by atoms with Crippen LogP contribution in [0.2, 0.25) is 0 Å². The van der Waals surface area contributed by atoms with Crippen molar-refractivity contribution in [3.05, 3.63) is 12.2 Å². The summed E-state index contributed by atoms with van der Waals surface area (Å²) >= 11 is 0. The Morgan fingerprint density at radius 1 is 1.21 bits per heavy atom. The highest BCUT2D eigenvalue weighted by molar-refractivity contribution is 5.76. The second kappa shape index (κ2) is 8.17. The van der Waals surface area contributed by atoms with Gasteiger partial charge >= 0.3 is 5.97 Å². The topological polar surface area (TPSA) is 66.4 Å². The molecule has 3 rings (SSSR count). The monoisotopic (exact) mass is 335 g/mol. The first-order chi connectivity index (χ1) is 11.4. The van der Waals surface area contributed by atoms with Crippen LogP contribution >= 0.6 is 0 Å². The third-order valence-corrected chi connectivity index (χ3v) is 6.28. The number of carboxylic acids is 1. The van der Waals surface area contributed by atoms with Crippen LogP contribution in [-0.2, 0) is 9.59 Å². The third-order valence-electron chi connectivity index (χ3n) is 6.28. The molecule has 4 nitrogen and oxygen atoms in total. The molecule has 0 spiro atoms. The van der Waals surface area contributed by atoms with Crippen molar-refractivity contribution in [1.29, 1.82) is 0 Å². The summed E-state index contributed by atoms with van der Waals surface area (Å²) in [5.74, 6) is 1.41. The van der Waals surface area contributed by atoms with Crippen molar-refractivity contribution in [3.8, 4) is 0 Å². The molecule has 0 unspecified atom stereocenters. The lowest BCUT2D eigenvalue weighted by Crippen LogP contribution is -2.61. The summed E-state index contributed by atoms with van der Waals surface area (Å²) in [7, 11) is 0. The largest absolute Gasteiger partial charge is 0.481 e. The summed E-state index contributed by atoms with van der Waals surface area (Å²) in [6.07, 6.45) is 11.0. The summed E-state index contributed by atoms with van der Waals surface area (Å²) in [6.45, 7) is 6.79. The van der Waals surface area contributed by atoms with Crippen LogP contribution in [0.15, 0.2) is 12.2 Å². The number of nitrogens with one attached hydrogen (secondary N) is 1. The van der Waals surface area contributed by atoms with Gasteiger partial charge in [0.25, 0.3) is 0 Å². The van der Waals surface area contributed by atoms with Crippen LogP contribution in [0, 0.1) is 23.2 Å². The molecule has 0 radical (unpaired) electrons. The molecule has 0 aliphatic heterocycles. The second-order valence-electron chi connectivity index (χ2n) is 8.18. The van der Waals surface area contributed by atoms with E-state index < -0.39 is 5.97 Å². The van der Waals surface area contributed by atoms with Crippen LogP contribution in [0.3, 0.4) is 0 Å². The van der Waals surface area contributed by atoms with E-state index >= 15 is 0 Å². The van der Waals surface area contributed by atoms with Gasteiger partial charge in [0.15, 0.2) is 0 Å². The molecule has 3 aliphatic rings. The van der Waals surface area contributed by atoms with Crippen LogP contribution < -0.4 is 5.32 Å². The van der Waals surface area contributed by atoms with Gasteiger partial charge in [-0.15, -0.1) is 0 Å². The first-order valence-corrected chi connectivity index (χ1v) is 9.52. The molecule has 24 heavy (non-hydrogen) atoms. The Morgan fingerprint density at radius 3 is 2.58 bits per heavy atom. The Balaban J connectivity index is 1.89. The van der Waals surface area contributed by atoms with E-state index in [0.717, 1.165) is 31.6 Å². The van der Waals surface area contributed by atoms with Crippen molar-refractivity contribution in [1.82, 2.24) is 5.32 Å². The number of fused-ring (bicyclic) bond motifs is 2. The molecule has 0 saturated heterocycles. The Morgan fingerprint density at radius 2 is 1.96 bits per heavy atom. The third kappa shape index (κ3) is 4.40. The average Bonchev–Trinajstić information content (AvgIpc) is 2.51. The van der Waals surface area contributed by atoms with E-state index in [9.17, 15) is 9.59 Å². The molecule has 1 amide bonds. The number of carbonyl (C=O) groups is 2. The van der Waals surface area contributed by atoms with E-state index in [-0.39, 0.29) is 12.3 Å². The first kappa shape index (κ1) is 19.0. The van der Waals surface area contributed by atoms with Gasteiger partial charge in [0.1, 0.15) is 0 Å². The normalized spacial score (nSPS) is 30.8. The molecular weight excluding hydrogens is 302 g/mol. The number of carboxylic acid groups (broad SMARTS) is 1. The lowest BCUT2D eigenvalue weighted by Gasteiger charge is -2.62. The number of hydrogen-bond acceptors (Lipinski definition) is 2. The van der Waals surface area contributed by atoms with E-state index in [1.54, 1.807) is 0 Å². The average molecular weight is 335 g/mol. The van der Waals surface area contributed by atoms with Crippen molar-refractivity contribution in [2.24, 2.45) is 23.2 Å². The highest BCUT2D eigenvalue weighted by Crippen LogP contribution is 2.62. The van der Waals surface area contributed by atoms with Crippen LogP contribution in [0.1, 0.15) is 72.1 Å². The summed E-state index contributed by atoms with van der Waals surface area (Å²) in [5.41, 5.74) is 0.397. The molecule has 4 heteroatoms. The van der Waals surface area contributed by atoms with E-state index in [2.05, 4.69) is 31.3 Å². The maximum Gasteiger partial charge on any atom is 0.303 e. The zero-order chi connectivity index (χ0) is 17.7. The van der Waals surface area contributed by atoms with Crippen LogP contribution in [0.25, 0.3) is 0 Å². The van der Waals surface area contributed by atoms with Crippen molar-refractivity contribution in [2.75, 3.05) is 0 Å². The van der Waals surface area contributed by atoms with Gasteiger partial charge in [-0.05, 0) is 61.7 Å². The molecule has 0 heterocycles. The van der Waals surface area contributed by atoms with E-state index in [4.69, 9.17) is 5.11 Å². The lowest BCUT2D eigenvalue weighted by molar-refractivity contribution is -0.137. The van der Waals surface area contributed by atoms with Crippen molar-refractivity contribution >= 4 is 11.9 Å². The fourth-order valence-corrected chi connectivity index (χ4v) is 4.69. The van der Waals surface area contributed by atoms with E-state index in [1.165, 1.54) is 6.42 Å². The van der Waals surface area contributed by atoms with Gasteiger partial charge in [0.2, 0.25) is 5.91 Å². The standard InChI is InChI=1S/C20H33NO3/c1-4-9-18(22)21-17-13-14-12-16(20(14,2)3)15(17)10-7-5-6-8-11-19(23)24/h5,7,14-17H,4,6,8-13H2,1-3H3,(H,21,22)(H,23,24)/b7-5-/t14-,15+,16+,17+/m1/s1. The van der Waals surface area contributed by atoms with E-state index in [0.29, 0.717) is 36.1 Å². The Labute approximate surface area is 146 Å². The van der Waals surface area contributed by atoms with Gasteiger partial charge in [-0.25, -0.2) is 0 Å².